The van der Waals surface area contributed by atoms with E-state index < -0.39 is 17.7 Å². The van der Waals surface area contributed by atoms with Crippen LogP contribution in [0.5, 0.6) is 0 Å². The molecule has 0 amide bonds. The molecule has 0 bridgehead atoms. The largest absolute Gasteiger partial charge is 0.393 e. The molecular weight excluding hydrogens is 258 g/mol. The van der Waals surface area contributed by atoms with Crippen molar-refractivity contribution >= 4 is 0 Å². The molecule has 20 heavy (non-hydrogen) atoms. The van der Waals surface area contributed by atoms with Crippen LogP contribution >= 0.6 is 0 Å². The van der Waals surface area contributed by atoms with Crippen LogP contribution in [0.15, 0.2) is 48.5 Å². The van der Waals surface area contributed by atoms with E-state index in [9.17, 15) is 13.9 Å². The lowest BCUT2D eigenvalue weighted by atomic mass is 10.0. The second-order valence-electron chi connectivity index (χ2n) is 5.01. The Morgan fingerprint density at radius 2 is 1.55 bits per heavy atom. The summed E-state index contributed by atoms with van der Waals surface area (Å²) in [5.74, 6) is -1.20. The zero-order chi connectivity index (χ0) is 14.4. The lowest BCUT2D eigenvalue weighted by molar-refractivity contribution is 0.162. The molecule has 2 aromatic carbocycles. The highest BCUT2D eigenvalue weighted by molar-refractivity contribution is 5.18. The van der Waals surface area contributed by atoms with Gasteiger partial charge in [-0.25, -0.2) is 8.78 Å². The minimum atomic E-state index is -0.600. The van der Waals surface area contributed by atoms with Crippen LogP contribution < -0.4 is 0 Å². The molecule has 106 valence electrons. The normalized spacial score (nSPS) is 12.3. The van der Waals surface area contributed by atoms with E-state index >= 15 is 0 Å². The van der Waals surface area contributed by atoms with E-state index in [1.807, 2.05) is 30.3 Å². The second kappa shape index (κ2) is 7.15. The highest BCUT2D eigenvalue weighted by Crippen LogP contribution is 2.13. The van der Waals surface area contributed by atoms with Crippen molar-refractivity contribution in [2.45, 2.75) is 31.8 Å². The molecule has 0 heterocycles. The molecule has 1 unspecified atom stereocenters. The van der Waals surface area contributed by atoms with Gasteiger partial charge in [-0.3, -0.25) is 0 Å². The summed E-state index contributed by atoms with van der Waals surface area (Å²) in [5.41, 5.74) is 1.73. The fourth-order valence-corrected chi connectivity index (χ4v) is 2.29. The summed E-state index contributed by atoms with van der Waals surface area (Å²) >= 11 is 0. The Morgan fingerprint density at radius 1 is 0.900 bits per heavy atom. The van der Waals surface area contributed by atoms with Crippen LogP contribution in [0.4, 0.5) is 8.78 Å². The second-order valence-corrected chi connectivity index (χ2v) is 5.01. The smallest absolute Gasteiger partial charge is 0.126 e. The molecule has 0 aliphatic carbocycles. The van der Waals surface area contributed by atoms with Gasteiger partial charge < -0.3 is 5.11 Å². The van der Waals surface area contributed by atoms with Crippen molar-refractivity contribution in [3.63, 3.8) is 0 Å². The first kappa shape index (κ1) is 14.7. The summed E-state index contributed by atoms with van der Waals surface area (Å²) in [6.45, 7) is 0. The standard InChI is InChI=1S/C17H18F2O/c18-15-9-14(10-16(19)12-15)11-17(20)8-4-7-13-5-2-1-3-6-13/h1-3,5-6,9-10,12,17,20H,4,7-8,11H2. The molecule has 0 spiro atoms. The van der Waals surface area contributed by atoms with Crippen LogP contribution in [-0.2, 0) is 12.8 Å². The Labute approximate surface area is 117 Å². The Kier molecular flexibility index (Phi) is 5.24. The van der Waals surface area contributed by atoms with Crippen molar-refractivity contribution in [3.8, 4) is 0 Å². The highest BCUT2D eigenvalue weighted by atomic mass is 19.1. The van der Waals surface area contributed by atoms with Gasteiger partial charge in [0.05, 0.1) is 6.10 Å². The van der Waals surface area contributed by atoms with Gasteiger partial charge in [-0.2, -0.15) is 0 Å². The van der Waals surface area contributed by atoms with Crippen molar-refractivity contribution in [3.05, 3.63) is 71.3 Å². The molecule has 2 rings (SSSR count). The first-order valence-electron chi connectivity index (χ1n) is 6.80. The topological polar surface area (TPSA) is 20.2 Å². The van der Waals surface area contributed by atoms with E-state index in [0.29, 0.717) is 12.0 Å². The van der Waals surface area contributed by atoms with Gasteiger partial charge >= 0.3 is 0 Å². The maximum Gasteiger partial charge on any atom is 0.126 e. The van der Waals surface area contributed by atoms with Gasteiger partial charge in [-0.05, 0) is 48.9 Å². The molecular formula is C17H18F2O. The molecule has 1 nitrogen and oxygen atoms in total. The van der Waals surface area contributed by atoms with Crippen molar-refractivity contribution in [1.29, 1.82) is 0 Å². The van der Waals surface area contributed by atoms with Gasteiger partial charge in [0, 0.05) is 6.07 Å². The quantitative estimate of drug-likeness (QED) is 0.848. The van der Waals surface area contributed by atoms with Gasteiger partial charge in [0.25, 0.3) is 0 Å². The molecule has 0 saturated carbocycles. The van der Waals surface area contributed by atoms with Crippen LogP contribution in [0.3, 0.4) is 0 Å². The molecule has 2 aromatic rings. The fraction of sp³-hybridized carbons (Fsp3) is 0.294. The monoisotopic (exact) mass is 276 g/mol. The van der Waals surface area contributed by atoms with Gasteiger partial charge in [-0.1, -0.05) is 30.3 Å². The Morgan fingerprint density at radius 3 is 2.20 bits per heavy atom. The summed E-state index contributed by atoms with van der Waals surface area (Å²) in [6.07, 6.45) is 2.08. The lowest BCUT2D eigenvalue weighted by Gasteiger charge is -2.11. The van der Waals surface area contributed by atoms with E-state index in [-0.39, 0.29) is 6.42 Å². The zero-order valence-electron chi connectivity index (χ0n) is 11.2. The minimum absolute atomic E-state index is 0.281. The van der Waals surface area contributed by atoms with Gasteiger partial charge in [-0.15, -0.1) is 0 Å². The molecule has 3 heteroatoms. The van der Waals surface area contributed by atoms with Crippen LogP contribution in [-0.4, -0.2) is 11.2 Å². The molecule has 0 aliphatic rings. The average molecular weight is 276 g/mol. The van der Waals surface area contributed by atoms with Gasteiger partial charge in [0.1, 0.15) is 11.6 Å². The third-order valence-corrected chi connectivity index (χ3v) is 3.24. The number of benzene rings is 2. The van der Waals surface area contributed by atoms with E-state index in [1.165, 1.54) is 17.7 Å². The number of aliphatic hydroxyl groups excluding tert-OH is 1. The maximum absolute atomic E-state index is 13.0. The zero-order valence-corrected chi connectivity index (χ0v) is 11.2. The first-order valence-corrected chi connectivity index (χ1v) is 6.80. The number of rotatable bonds is 6. The third kappa shape index (κ3) is 4.74. The highest BCUT2D eigenvalue weighted by Gasteiger charge is 2.08. The predicted molar refractivity (Wildman–Crippen MR) is 75.4 cm³/mol. The Balaban J connectivity index is 1.79. The number of hydrogen-bond donors (Lipinski definition) is 1. The van der Waals surface area contributed by atoms with Crippen LogP contribution in [0.2, 0.25) is 0 Å². The third-order valence-electron chi connectivity index (χ3n) is 3.24. The summed E-state index contributed by atoms with van der Waals surface area (Å²) in [7, 11) is 0. The lowest BCUT2D eigenvalue weighted by Crippen LogP contribution is -2.11. The number of aryl methyl sites for hydroxylation is 1. The van der Waals surface area contributed by atoms with Crippen molar-refractivity contribution < 1.29 is 13.9 Å². The van der Waals surface area contributed by atoms with Crippen molar-refractivity contribution in [2.24, 2.45) is 0 Å². The molecule has 0 saturated heterocycles. The minimum Gasteiger partial charge on any atom is -0.393 e. The average Bonchev–Trinajstić information content (AvgIpc) is 2.38. The SMILES string of the molecule is OC(CCCc1ccccc1)Cc1cc(F)cc(F)c1. The summed E-state index contributed by atoms with van der Waals surface area (Å²) < 4.78 is 26.1. The molecule has 0 aliphatic heterocycles. The molecule has 0 aromatic heterocycles. The number of hydrogen-bond acceptors (Lipinski definition) is 1. The molecule has 1 atom stereocenters. The summed E-state index contributed by atoms with van der Waals surface area (Å²) in [4.78, 5) is 0. The van der Waals surface area contributed by atoms with E-state index in [1.54, 1.807) is 0 Å². The van der Waals surface area contributed by atoms with Crippen molar-refractivity contribution in [1.82, 2.24) is 0 Å². The molecule has 1 N–H and O–H groups in total. The van der Waals surface area contributed by atoms with E-state index in [4.69, 9.17) is 0 Å². The number of aliphatic hydroxyl groups is 1. The summed E-state index contributed by atoms with van der Waals surface area (Å²) in [5, 5.41) is 9.92. The number of halogens is 2. The Hall–Kier alpha value is -1.74. The van der Waals surface area contributed by atoms with Crippen LogP contribution in [0.1, 0.15) is 24.0 Å². The van der Waals surface area contributed by atoms with Crippen LogP contribution in [0, 0.1) is 11.6 Å². The Bertz CT molecular complexity index is 520. The van der Waals surface area contributed by atoms with Gasteiger partial charge in [0.15, 0.2) is 0 Å². The molecule has 0 radical (unpaired) electrons. The fourth-order valence-electron chi connectivity index (χ4n) is 2.29. The van der Waals surface area contributed by atoms with E-state index in [2.05, 4.69) is 0 Å². The van der Waals surface area contributed by atoms with E-state index in [0.717, 1.165) is 18.9 Å². The maximum atomic E-state index is 13.0. The van der Waals surface area contributed by atoms with Crippen LogP contribution in [0.25, 0.3) is 0 Å². The summed E-state index contributed by atoms with van der Waals surface area (Å²) in [6, 6.07) is 13.4. The first-order chi connectivity index (χ1) is 9.63. The van der Waals surface area contributed by atoms with Crippen molar-refractivity contribution in [2.75, 3.05) is 0 Å². The predicted octanol–water partition coefficient (Wildman–Crippen LogP) is 3.89. The molecule has 0 fully saturated rings. The van der Waals surface area contributed by atoms with Gasteiger partial charge in [0.2, 0.25) is 0 Å².